The smallest absolute Gasteiger partial charge is 0.134 e. The Morgan fingerprint density at radius 1 is 1.38 bits per heavy atom. The zero-order valence-corrected chi connectivity index (χ0v) is 11.4. The maximum atomic E-state index is 9.85. The van der Waals surface area contributed by atoms with Crippen molar-refractivity contribution in [2.75, 3.05) is 6.61 Å². The van der Waals surface area contributed by atoms with Crippen LogP contribution < -0.4 is 5.73 Å². The minimum atomic E-state index is -0.557. The van der Waals surface area contributed by atoms with Crippen LogP contribution in [0.1, 0.15) is 37.9 Å². The molecule has 16 heavy (non-hydrogen) atoms. The minimum Gasteiger partial charge on any atom is -0.506 e. The van der Waals surface area contributed by atoms with Gasteiger partial charge >= 0.3 is 0 Å². The molecule has 0 unspecified atom stereocenters. The Balaban J connectivity index is 3.33. The molecule has 0 spiro atoms. The molecule has 0 bridgehead atoms. The van der Waals surface area contributed by atoms with E-state index in [1.54, 1.807) is 0 Å². The van der Waals surface area contributed by atoms with E-state index in [0.29, 0.717) is 10.0 Å². The number of aliphatic hydroxyl groups is 1. The molecule has 90 valence electrons. The lowest BCUT2D eigenvalue weighted by atomic mass is 9.85. The van der Waals surface area contributed by atoms with Gasteiger partial charge in [0.2, 0.25) is 0 Å². The van der Waals surface area contributed by atoms with Gasteiger partial charge in [0.1, 0.15) is 5.75 Å². The van der Waals surface area contributed by atoms with Crippen molar-refractivity contribution in [2.45, 2.75) is 32.2 Å². The molecule has 1 aromatic rings. The summed E-state index contributed by atoms with van der Waals surface area (Å²) < 4.78 is 0.610. The highest BCUT2D eigenvalue weighted by Gasteiger charge is 2.20. The van der Waals surface area contributed by atoms with E-state index in [2.05, 4.69) is 36.7 Å². The summed E-state index contributed by atoms with van der Waals surface area (Å²) >= 11 is 3.30. The molecule has 0 heterocycles. The van der Waals surface area contributed by atoms with E-state index in [0.717, 1.165) is 5.56 Å². The van der Waals surface area contributed by atoms with Crippen molar-refractivity contribution in [3.05, 3.63) is 27.7 Å². The van der Waals surface area contributed by atoms with Crippen LogP contribution in [-0.4, -0.2) is 16.8 Å². The highest BCUT2D eigenvalue weighted by atomic mass is 79.9. The summed E-state index contributed by atoms with van der Waals surface area (Å²) in [5.74, 6) is 0.106. The SMILES string of the molecule is CC(C)(C)c1cc(Br)c(O)c([C@H](N)CO)c1. The van der Waals surface area contributed by atoms with E-state index in [-0.39, 0.29) is 17.8 Å². The van der Waals surface area contributed by atoms with Gasteiger partial charge in [0.05, 0.1) is 17.1 Å². The summed E-state index contributed by atoms with van der Waals surface area (Å²) in [4.78, 5) is 0. The van der Waals surface area contributed by atoms with Crippen LogP contribution in [0.5, 0.6) is 5.75 Å². The molecule has 4 N–H and O–H groups in total. The van der Waals surface area contributed by atoms with Crippen molar-refractivity contribution in [1.82, 2.24) is 0 Å². The summed E-state index contributed by atoms with van der Waals surface area (Å²) in [5.41, 5.74) is 7.35. The molecular weight excluding hydrogens is 270 g/mol. The molecule has 1 aromatic carbocycles. The summed E-state index contributed by atoms with van der Waals surface area (Å²) in [6.45, 7) is 6.06. The lowest BCUT2D eigenvalue weighted by Crippen LogP contribution is -2.17. The third-order valence-corrected chi connectivity index (χ3v) is 3.16. The summed E-state index contributed by atoms with van der Waals surface area (Å²) in [5, 5.41) is 18.9. The molecule has 0 amide bonds. The third kappa shape index (κ3) is 2.75. The fraction of sp³-hybridized carbons (Fsp3) is 0.500. The largest absolute Gasteiger partial charge is 0.506 e. The molecule has 3 nitrogen and oxygen atoms in total. The average Bonchev–Trinajstić information content (AvgIpc) is 2.19. The Morgan fingerprint density at radius 2 is 1.94 bits per heavy atom. The van der Waals surface area contributed by atoms with Gasteiger partial charge in [-0.1, -0.05) is 20.8 Å². The number of benzene rings is 1. The fourth-order valence-electron chi connectivity index (χ4n) is 1.43. The Bertz CT molecular complexity index is 385. The number of rotatable bonds is 2. The molecule has 0 fully saturated rings. The van der Waals surface area contributed by atoms with Crippen molar-refractivity contribution in [1.29, 1.82) is 0 Å². The first kappa shape index (κ1) is 13.5. The first-order valence-corrected chi connectivity index (χ1v) is 5.96. The molecule has 0 aliphatic carbocycles. The summed E-state index contributed by atoms with van der Waals surface area (Å²) in [6.07, 6.45) is 0. The number of phenolic OH excluding ortho intramolecular Hbond substituents is 1. The standard InChI is InChI=1S/C12H18BrNO2/c1-12(2,3)7-4-8(10(14)6-15)11(16)9(13)5-7/h4-5,10,15-16H,6,14H2,1-3H3/t10-/m1/s1. The lowest BCUT2D eigenvalue weighted by Gasteiger charge is -2.22. The summed E-state index contributed by atoms with van der Waals surface area (Å²) in [6, 6.07) is 3.17. The first-order valence-electron chi connectivity index (χ1n) is 5.16. The van der Waals surface area contributed by atoms with E-state index in [9.17, 15) is 5.11 Å². The van der Waals surface area contributed by atoms with Crippen molar-refractivity contribution < 1.29 is 10.2 Å². The van der Waals surface area contributed by atoms with Crippen LogP contribution in [0.25, 0.3) is 0 Å². The van der Waals surface area contributed by atoms with Crippen LogP contribution in [-0.2, 0) is 5.41 Å². The Kier molecular flexibility index (Phi) is 3.99. The maximum Gasteiger partial charge on any atom is 0.134 e. The van der Waals surface area contributed by atoms with E-state index < -0.39 is 6.04 Å². The normalized spacial score (nSPS) is 13.9. The number of halogens is 1. The number of aromatic hydroxyl groups is 1. The average molecular weight is 288 g/mol. The monoisotopic (exact) mass is 287 g/mol. The number of hydrogen-bond donors (Lipinski definition) is 3. The van der Waals surface area contributed by atoms with Gasteiger partial charge in [0, 0.05) is 5.56 Å². The van der Waals surface area contributed by atoms with Gasteiger partial charge in [-0.15, -0.1) is 0 Å². The third-order valence-electron chi connectivity index (χ3n) is 2.56. The van der Waals surface area contributed by atoms with Gasteiger partial charge in [0.15, 0.2) is 0 Å². The predicted molar refractivity (Wildman–Crippen MR) is 68.5 cm³/mol. The molecule has 4 heteroatoms. The molecular formula is C12H18BrNO2. The van der Waals surface area contributed by atoms with Crippen LogP contribution in [0.4, 0.5) is 0 Å². The Hall–Kier alpha value is -0.580. The number of nitrogens with two attached hydrogens (primary N) is 1. The van der Waals surface area contributed by atoms with Gasteiger partial charge in [-0.05, 0) is 39.0 Å². The van der Waals surface area contributed by atoms with Crippen LogP contribution in [0.15, 0.2) is 16.6 Å². The van der Waals surface area contributed by atoms with Crippen LogP contribution in [0.3, 0.4) is 0 Å². The number of hydrogen-bond acceptors (Lipinski definition) is 3. The highest BCUT2D eigenvalue weighted by Crippen LogP contribution is 2.36. The van der Waals surface area contributed by atoms with E-state index >= 15 is 0 Å². The zero-order chi connectivity index (χ0) is 12.5. The Labute approximate surface area is 104 Å². The second-order valence-corrected chi connectivity index (χ2v) is 5.79. The molecule has 0 saturated heterocycles. The van der Waals surface area contributed by atoms with E-state index in [1.165, 1.54) is 0 Å². The predicted octanol–water partition coefficient (Wildman–Crippen LogP) is 2.44. The van der Waals surface area contributed by atoms with Crippen LogP contribution in [0, 0.1) is 0 Å². The summed E-state index contributed by atoms with van der Waals surface area (Å²) in [7, 11) is 0. The fourth-order valence-corrected chi connectivity index (χ4v) is 1.91. The first-order chi connectivity index (χ1) is 7.27. The van der Waals surface area contributed by atoms with Gasteiger partial charge in [-0.3, -0.25) is 0 Å². The number of phenols is 1. The lowest BCUT2D eigenvalue weighted by molar-refractivity contribution is 0.265. The quantitative estimate of drug-likeness (QED) is 0.783. The van der Waals surface area contributed by atoms with Crippen molar-refractivity contribution in [3.8, 4) is 5.75 Å². The van der Waals surface area contributed by atoms with Gasteiger partial charge < -0.3 is 15.9 Å². The molecule has 0 aliphatic heterocycles. The number of aliphatic hydroxyl groups excluding tert-OH is 1. The molecule has 0 radical (unpaired) electrons. The van der Waals surface area contributed by atoms with Gasteiger partial charge in [-0.2, -0.15) is 0 Å². The van der Waals surface area contributed by atoms with Crippen molar-refractivity contribution >= 4 is 15.9 Å². The zero-order valence-electron chi connectivity index (χ0n) is 9.79. The van der Waals surface area contributed by atoms with Crippen LogP contribution in [0.2, 0.25) is 0 Å². The topological polar surface area (TPSA) is 66.5 Å². The van der Waals surface area contributed by atoms with Crippen molar-refractivity contribution in [3.63, 3.8) is 0 Å². The molecule has 1 rings (SSSR count). The van der Waals surface area contributed by atoms with Crippen LogP contribution >= 0.6 is 15.9 Å². The van der Waals surface area contributed by atoms with Gasteiger partial charge in [-0.25, -0.2) is 0 Å². The van der Waals surface area contributed by atoms with E-state index in [4.69, 9.17) is 10.8 Å². The Morgan fingerprint density at radius 3 is 2.38 bits per heavy atom. The van der Waals surface area contributed by atoms with Gasteiger partial charge in [0.25, 0.3) is 0 Å². The maximum absolute atomic E-state index is 9.85. The molecule has 0 aliphatic rings. The molecule has 1 atom stereocenters. The molecule has 0 saturated carbocycles. The highest BCUT2D eigenvalue weighted by molar-refractivity contribution is 9.10. The van der Waals surface area contributed by atoms with Crippen molar-refractivity contribution in [2.24, 2.45) is 5.73 Å². The minimum absolute atomic E-state index is 0.0276. The molecule has 0 aromatic heterocycles. The van der Waals surface area contributed by atoms with E-state index in [1.807, 2.05) is 12.1 Å². The second kappa shape index (κ2) is 4.73. The second-order valence-electron chi connectivity index (χ2n) is 4.93.